The van der Waals surface area contributed by atoms with Crippen LogP contribution in [0, 0.1) is 0 Å². The summed E-state index contributed by atoms with van der Waals surface area (Å²) < 4.78 is 31.7. The molecule has 0 N–H and O–H groups in total. The van der Waals surface area contributed by atoms with E-state index in [0.29, 0.717) is 28.7 Å². The molecule has 8 heteroatoms. The summed E-state index contributed by atoms with van der Waals surface area (Å²) in [7, 11) is -3.50. The van der Waals surface area contributed by atoms with Crippen LogP contribution in [0.25, 0.3) is 0 Å². The highest BCUT2D eigenvalue weighted by atomic mass is 35.5. The Bertz CT molecular complexity index is 887. The van der Waals surface area contributed by atoms with Crippen LogP contribution in [-0.4, -0.2) is 31.8 Å². The molecule has 0 radical (unpaired) electrons. The number of nitrogens with zero attached hydrogens (tertiary/aromatic N) is 1. The fraction of sp³-hybridized carbons (Fsp3) is 0.278. The molecule has 0 bridgehead atoms. The van der Waals surface area contributed by atoms with Crippen molar-refractivity contribution in [3.05, 3.63) is 63.6 Å². The Morgan fingerprint density at radius 1 is 1.00 bits per heavy atom. The number of esters is 1. The van der Waals surface area contributed by atoms with Gasteiger partial charge in [0, 0.05) is 28.7 Å². The molecule has 26 heavy (non-hydrogen) atoms. The maximum atomic E-state index is 12.5. The zero-order valence-electron chi connectivity index (χ0n) is 13.8. The van der Waals surface area contributed by atoms with Gasteiger partial charge in [0.25, 0.3) is 0 Å². The van der Waals surface area contributed by atoms with Gasteiger partial charge in [-0.2, -0.15) is 4.31 Å². The van der Waals surface area contributed by atoms with E-state index in [-0.39, 0.29) is 17.1 Å². The third-order valence-corrected chi connectivity index (χ3v) is 6.82. The first kappa shape index (κ1) is 19.2. The molecule has 3 rings (SSSR count). The van der Waals surface area contributed by atoms with Gasteiger partial charge in [0.15, 0.2) is 0 Å². The van der Waals surface area contributed by atoms with Gasteiger partial charge in [-0.25, -0.2) is 13.2 Å². The SMILES string of the molecule is O=C(OCc1c(Cl)cccc1Cl)c1ccc(S(=O)(=O)N2CCCC2)cc1. The number of hydrogen-bond acceptors (Lipinski definition) is 4. The van der Waals surface area contributed by atoms with Crippen molar-refractivity contribution in [2.24, 2.45) is 0 Å². The number of sulfonamides is 1. The molecule has 0 atom stereocenters. The van der Waals surface area contributed by atoms with Crippen LogP contribution in [0.15, 0.2) is 47.4 Å². The van der Waals surface area contributed by atoms with Gasteiger partial charge in [-0.1, -0.05) is 29.3 Å². The van der Waals surface area contributed by atoms with Gasteiger partial charge in [0.1, 0.15) is 6.61 Å². The predicted molar refractivity (Wildman–Crippen MR) is 100 cm³/mol. The molecule has 5 nitrogen and oxygen atoms in total. The van der Waals surface area contributed by atoms with Gasteiger partial charge < -0.3 is 4.74 Å². The third kappa shape index (κ3) is 4.04. The first-order valence-corrected chi connectivity index (χ1v) is 10.3. The minimum atomic E-state index is -3.50. The second-order valence-corrected chi connectivity index (χ2v) is 8.66. The summed E-state index contributed by atoms with van der Waals surface area (Å²) in [5, 5.41) is 0.828. The van der Waals surface area contributed by atoms with Gasteiger partial charge in [-0.05, 0) is 49.2 Å². The van der Waals surface area contributed by atoms with E-state index in [9.17, 15) is 13.2 Å². The number of ether oxygens (including phenoxy) is 1. The molecule has 2 aromatic rings. The van der Waals surface area contributed by atoms with Crippen LogP contribution in [0.1, 0.15) is 28.8 Å². The summed E-state index contributed by atoms with van der Waals surface area (Å²) in [5.41, 5.74) is 0.783. The summed E-state index contributed by atoms with van der Waals surface area (Å²) in [6.07, 6.45) is 1.74. The second kappa shape index (κ2) is 7.96. The van der Waals surface area contributed by atoms with E-state index >= 15 is 0 Å². The molecular weight excluding hydrogens is 397 g/mol. The van der Waals surface area contributed by atoms with Crippen molar-refractivity contribution in [1.29, 1.82) is 0 Å². The van der Waals surface area contributed by atoms with Crippen molar-refractivity contribution in [3.8, 4) is 0 Å². The van der Waals surface area contributed by atoms with Crippen LogP contribution in [0.3, 0.4) is 0 Å². The smallest absolute Gasteiger partial charge is 0.338 e. The predicted octanol–water partition coefficient (Wildman–Crippen LogP) is 4.13. The number of carbonyl (C=O) groups is 1. The fourth-order valence-corrected chi connectivity index (χ4v) is 4.76. The monoisotopic (exact) mass is 413 g/mol. The highest BCUT2D eigenvalue weighted by molar-refractivity contribution is 7.89. The molecule has 0 aliphatic carbocycles. The summed E-state index contributed by atoms with van der Waals surface area (Å²) in [5.74, 6) is -0.578. The molecule has 1 saturated heterocycles. The Hall–Kier alpha value is -1.60. The van der Waals surface area contributed by atoms with Gasteiger partial charge in [-0.3, -0.25) is 0 Å². The Morgan fingerprint density at radius 3 is 2.15 bits per heavy atom. The Morgan fingerprint density at radius 2 is 1.58 bits per heavy atom. The average molecular weight is 414 g/mol. The molecule has 138 valence electrons. The van der Waals surface area contributed by atoms with Crippen molar-refractivity contribution in [2.45, 2.75) is 24.3 Å². The van der Waals surface area contributed by atoms with Crippen molar-refractivity contribution in [2.75, 3.05) is 13.1 Å². The molecule has 1 heterocycles. The molecule has 0 unspecified atom stereocenters. The lowest BCUT2D eigenvalue weighted by molar-refractivity contribution is 0.0473. The lowest BCUT2D eigenvalue weighted by Crippen LogP contribution is -2.27. The van der Waals surface area contributed by atoms with E-state index < -0.39 is 16.0 Å². The van der Waals surface area contributed by atoms with Crippen LogP contribution < -0.4 is 0 Å². The lowest BCUT2D eigenvalue weighted by atomic mass is 10.2. The zero-order chi connectivity index (χ0) is 18.7. The van der Waals surface area contributed by atoms with E-state index in [1.54, 1.807) is 18.2 Å². The summed E-state index contributed by atoms with van der Waals surface area (Å²) in [6.45, 7) is 1.00. The molecule has 0 aromatic heterocycles. The molecular formula is C18H17Cl2NO4S. The van der Waals surface area contributed by atoms with E-state index in [0.717, 1.165) is 12.8 Å². The topological polar surface area (TPSA) is 63.7 Å². The standard InChI is InChI=1S/C18H17Cl2NO4S/c19-16-4-3-5-17(20)15(16)12-25-18(22)13-6-8-14(9-7-13)26(23,24)21-10-1-2-11-21/h3-9H,1-2,10-12H2. The highest BCUT2D eigenvalue weighted by Crippen LogP contribution is 2.25. The number of halogens is 2. The first-order valence-electron chi connectivity index (χ1n) is 8.10. The molecule has 0 spiro atoms. The molecule has 1 aliphatic rings. The quantitative estimate of drug-likeness (QED) is 0.690. The number of rotatable bonds is 5. The Labute approximate surface area is 162 Å². The van der Waals surface area contributed by atoms with E-state index in [1.807, 2.05) is 0 Å². The minimum Gasteiger partial charge on any atom is -0.457 e. The van der Waals surface area contributed by atoms with E-state index in [4.69, 9.17) is 27.9 Å². The maximum absolute atomic E-state index is 12.5. The van der Waals surface area contributed by atoms with Crippen molar-refractivity contribution in [1.82, 2.24) is 4.31 Å². The number of hydrogen-bond donors (Lipinski definition) is 0. The second-order valence-electron chi connectivity index (χ2n) is 5.91. The van der Waals surface area contributed by atoms with Gasteiger partial charge in [0.05, 0.1) is 10.5 Å². The van der Waals surface area contributed by atoms with Crippen molar-refractivity contribution >= 4 is 39.2 Å². The van der Waals surface area contributed by atoms with Gasteiger partial charge in [-0.15, -0.1) is 0 Å². The van der Waals surface area contributed by atoms with Crippen LogP contribution in [0.5, 0.6) is 0 Å². The van der Waals surface area contributed by atoms with Crippen molar-refractivity contribution in [3.63, 3.8) is 0 Å². The lowest BCUT2D eigenvalue weighted by Gasteiger charge is -2.15. The Balaban J connectivity index is 1.69. The number of benzene rings is 2. The Kier molecular flexibility index (Phi) is 5.87. The van der Waals surface area contributed by atoms with Gasteiger partial charge in [0.2, 0.25) is 10.0 Å². The van der Waals surface area contributed by atoms with Crippen LogP contribution in [0.2, 0.25) is 10.0 Å². The van der Waals surface area contributed by atoms with Gasteiger partial charge >= 0.3 is 5.97 Å². The number of carbonyl (C=O) groups excluding carboxylic acids is 1. The maximum Gasteiger partial charge on any atom is 0.338 e. The summed E-state index contributed by atoms with van der Waals surface area (Å²) in [6, 6.07) is 10.8. The zero-order valence-corrected chi connectivity index (χ0v) is 16.1. The van der Waals surface area contributed by atoms with E-state index in [2.05, 4.69) is 0 Å². The molecule has 0 amide bonds. The summed E-state index contributed by atoms with van der Waals surface area (Å²) >= 11 is 12.1. The molecule has 2 aromatic carbocycles. The molecule has 1 fully saturated rings. The molecule has 1 aliphatic heterocycles. The third-order valence-electron chi connectivity index (χ3n) is 4.20. The highest BCUT2D eigenvalue weighted by Gasteiger charge is 2.27. The molecule has 0 saturated carbocycles. The van der Waals surface area contributed by atoms with Crippen LogP contribution >= 0.6 is 23.2 Å². The largest absolute Gasteiger partial charge is 0.457 e. The van der Waals surface area contributed by atoms with Crippen LogP contribution in [0.4, 0.5) is 0 Å². The summed E-state index contributed by atoms with van der Waals surface area (Å²) in [4.78, 5) is 12.4. The van der Waals surface area contributed by atoms with Crippen molar-refractivity contribution < 1.29 is 17.9 Å². The normalized spacial score (nSPS) is 15.2. The van der Waals surface area contributed by atoms with E-state index in [1.165, 1.54) is 28.6 Å². The fourth-order valence-electron chi connectivity index (χ4n) is 2.73. The minimum absolute atomic E-state index is 0.0643. The average Bonchev–Trinajstić information content (AvgIpc) is 3.17. The first-order chi connectivity index (χ1) is 12.4. The van der Waals surface area contributed by atoms with Crippen LogP contribution in [-0.2, 0) is 21.4 Å².